The normalized spacial score (nSPS) is 12.2. The summed E-state index contributed by atoms with van der Waals surface area (Å²) in [6.45, 7) is 4.56. The van der Waals surface area contributed by atoms with E-state index in [1.807, 2.05) is 38.1 Å². The number of aromatic nitrogens is 1. The van der Waals surface area contributed by atoms with E-state index < -0.39 is 0 Å². The minimum Gasteiger partial charge on any atom is -0.492 e. The molecule has 0 bridgehead atoms. The number of rotatable bonds is 5. The number of aryl methyl sites for hydroxylation is 1. The molecule has 4 nitrogen and oxygen atoms in total. The predicted molar refractivity (Wildman–Crippen MR) is 80.8 cm³/mol. The van der Waals surface area contributed by atoms with Crippen LogP contribution >= 0.6 is 11.6 Å². The Kier molecular flexibility index (Phi) is 4.95. The van der Waals surface area contributed by atoms with E-state index in [0.717, 1.165) is 22.4 Å². The standard InChI is InChI=1S/C15H18ClN3O/c1-3-20-13-6-11(8-18-9-13)15(19-17)14-7-12(16)5-4-10(14)2/h4-9,15,19H,3,17H2,1-2H3. The Bertz CT molecular complexity index is 589. The third-order valence-electron chi connectivity index (χ3n) is 3.10. The van der Waals surface area contributed by atoms with Gasteiger partial charge in [-0.3, -0.25) is 10.8 Å². The molecule has 0 saturated heterocycles. The van der Waals surface area contributed by atoms with Crippen LogP contribution in [-0.4, -0.2) is 11.6 Å². The molecule has 0 radical (unpaired) electrons. The topological polar surface area (TPSA) is 60.2 Å². The van der Waals surface area contributed by atoms with Gasteiger partial charge >= 0.3 is 0 Å². The Balaban J connectivity index is 2.41. The summed E-state index contributed by atoms with van der Waals surface area (Å²) in [5.74, 6) is 6.44. The Morgan fingerprint density at radius 3 is 2.85 bits per heavy atom. The highest BCUT2D eigenvalue weighted by atomic mass is 35.5. The van der Waals surface area contributed by atoms with E-state index >= 15 is 0 Å². The Morgan fingerprint density at radius 1 is 1.35 bits per heavy atom. The number of nitrogens with one attached hydrogen (secondary N) is 1. The van der Waals surface area contributed by atoms with E-state index in [4.69, 9.17) is 22.2 Å². The van der Waals surface area contributed by atoms with Gasteiger partial charge in [0, 0.05) is 11.2 Å². The molecule has 1 atom stereocenters. The molecule has 106 valence electrons. The fraction of sp³-hybridized carbons (Fsp3) is 0.267. The Morgan fingerprint density at radius 2 is 2.15 bits per heavy atom. The third kappa shape index (κ3) is 3.28. The fourth-order valence-corrected chi connectivity index (χ4v) is 2.31. The van der Waals surface area contributed by atoms with Crippen molar-refractivity contribution in [3.8, 4) is 5.75 Å². The van der Waals surface area contributed by atoms with Crippen molar-refractivity contribution in [2.75, 3.05) is 6.61 Å². The molecule has 0 aliphatic carbocycles. The van der Waals surface area contributed by atoms with Crippen molar-refractivity contribution >= 4 is 11.6 Å². The number of nitrogens with two attached hydrogens (primary N) is 1. The number of halogens is 1. The minimum absolute atomic E-state index is 0.179. The summed E-state index contributed by atoms with van der Waals surface area (Å²) in [6, 6.07) is 7.50. The van der Waals surface area contributed by atoms with Crippen molar-refractivity contribution in [3.63, 3.8) is 0 Å². The highest BCUT2D eigenvalue weighted by molar-refractivity contribution is 6.30. The van der Waals surface area contributed by atoms with Gasteiger partial charge in [-0.05, 0) is 48.7 Å². The van der Waals surface area contributed by atoms with Crippen molar-refractivity contribution in [3.05, 3.63) is 58.4 Å². The molecule has 2 aromatic rings. The molecule has 0 amide bonds. The van der Waals surface area contributed by atoms with E-state index in [1.165, 1.54) is 0 Å². The lowest BCUT2D eigenvalue weighted by Gasteiger charge is -2.19. The van der Waals surface area contributed by atoms with Crippen molar-refractivity contribution < 1.29 is 4.74 Å². The van der Waals surface area contributed by atoms with Crippen LogP contribution in [0.2, 0.25) is 5.02 Å². The number of benzene rings is 1. The first kappa shape index (κ1) is 14.8. The first-order valence-electron chi connectivity index (χ1n) is 6.45. The molecular formula is C15H18ClN3O. The van der Waals surface area contributed by atoms with Crippen molar-refractivity contribution in [1.82, 2.24) is 10.4 Å². The lowest BCUT2D eigenvalue weighted by molar-refractivity contribution is 0.338. The van der Waals surface area contributed by atoms with Gasteiger partial charge in [-0.15, -0.1) is 0 Å². The summed E-state index contributed by atoms with van der Waals surface area (Å²) in [7, 11) is 0. The van der Waals surface area contributed by atoms with E-state index in [0.29, 0.717) is 11.6 Å². The quantitative estimate of drug-likeness (QED) is 0.657. The van der Waals surface area contributed by atoms with Crippen LogP contribution in [0.1, 0.15) is 29.7 Å². The summed E-state index contributed by atoms with van der Waals surface area (Å²) in [5, 5.41) is 0.680. The van der Waals surface area contributed by atoms with Crippen molar-refractivity contribution in [1.29, 1.82) is 0 Å². The molecule has 0 aliphatic heterocycles. The molecule has 5 heteroatoms. The average Bonchev–Trinajstić information content (AvgIpc) is 2.44. The Hall–Kier alpha value is -1.62. The van der Waals surface area contributed by atoms with Crippen LogP contribution in [0.5, 0.6) is 5.75 Å². The fourth-order valence-electron chi connectivity index (χ4n) is 2.13. The SMILES string of the molecule is CCOc1cncc(C(NN)c2cc(Cl)ccc2C)c1. The first-order valence-corrected chi connectivity index (χ1v) is 6.83. The van der Waals surface area contributed by atoms with Crippen LogP contribution in [0, 0.1) is 6.92 Å². The van der Waals surface area contributed by atoms with E-state index in [1.54, 1.807) is 12.4 Å². The molecule has 0 saturated carbocycles. The third-order valence-corrected chi connectivity index (χ3v) is 3.33. The average molecular weight is 292 g/mol. The highest BCUT2D eigenvalue weighted by Gasteiger charge is 2.16. The summed E-state index contributed by atoms with van der Waals surface area (Å²) < 4.78 is 5.47. The molecule has 1 aromatic carbocycles. The molecule has 1 heterocycles. The molecule has 0 aliphatic rings. The Labute approximate surface area is 123 Å². The van der Waals surface area contributed by atoms with E-state index in [9.17, 15) is 0 Å². The van der Waals surface area contributed by atoms with Gasteiger partial charge in [-0.25, -0.2) is 5.43 Å². The van der Waals surface area contributed by atoms with Crippen LogP contribution < -0.4 is 16.0 Å². The van der Waals surface area contributed by atoms with Crippen LogP contribution in [0.4, 0.5) is 0 Å². The molecule has 0 fully saturated rings. The van der Waals surface area contributed by atoms with Gasteiger partial charge in [0.05, 0.1) is 18.8 Å². The van der Waals surface area contributed by atoms with Crippen LogP contribution in [0.15, 0.2) is 36.7 Å². The zero-order valence-corrected chi connectivity index (χ0v) is 12.3. The smallest absolute Gasteiger partial charge is 0.137 e. The minimum atomic E-state index is -0.179. The van der Waals surface area contributed by atoms with Crippen LogP contribution in [0.25, 0.3) is 0 Å². The summed E-state index contributed by atoms with van der Waals surface area (Å²) in [6.07, 6.45) is 3.46. The maximum atomic E-state index is 6.08. The zero-order chi connectivity index (χ0) is 14.5. The second kappa shape index (κ2) is 6.70. The lowest BCUT2D eigenvalue weighted by atomic mass is 9.96. The molecule has 0 spiro atoms. The maximum absolute atomic E-state index is 6.08. The highest BCUT2D eigenvalue weighted by Crippen LogP contribution is 2.28. The molecule has 1 unspecified atom stereocenters. The number of hydrogen-bond acceptors (Lipinski definition) is 4. The van der Waals surface area contributed by atoms with Gasteiger partial charge < -0.3 is 4.74 Å². The number of pyridine rings is 1. The van der Waals surface area contributed by atoms with Crippen molar-refractivity contribution in [2.45, 2.75) is 19.9 Å². The van der Waals surface area contributed by atoms with Crippen LogP contribution in [0.3, 0.4) is 0 Å². The number of hydrogen-bond donors (Lipinski definition) is 2. The van der Waals surface area contributed by atoms with E-state index in [2.05, 4.69) is 10.4 Å². The first-order chi connectivity index (χ1) is 9.65. The molecule has 20 heavy (non-hydrogen) atoms. The largest absolute Gasteiger partial charge is 0.492 e. The van der Waals surface area contributed by atoms with Gasteiger partial charge in [0.1, 0.15) is 5.75 Å². The predicted octanol–water partition coefficient (Wildman–Crippen LogP) is 2.99. The van der Waals surface area contributed by atoms with Crippen molar-refractivity contribution in [2.24, 2.45) is 5.84 Å². The van der Waals surface area contributed by atoms with Gasteiger partial charge in [0.25, 0.3) is 0 Å². The molecule has 1 aromatic heterocycles. The number of ether oxygens (including phenoxy) is 1. The summed E-state index contributed by atoms with van der Waals surface area (Å²) >= 11 is 6.08. The summed E-state index contributed by atoms with van der Waals surface area (Å²) in [4.78, 5) is 4.20. The number of hydrazine groups is 1. The van der Waals surface area contributed by atoms with Gasteiger partial charge in [0.15, 0.2) is 0 Å². The van der Waals surface area contributed by atoms with Crippen LogP contribution in [-0.2, 0) is 0 Å². The molecule has 2 rings (SSSR count). The van der Waals surface area contributed by atoms with Gasteiger partial charge in [0.2, 0.25) is 0 Å². The zero-order valence-electron chi connectivity index (χ0n) is 11.6. The molecule has 3 N–H and O–H groups in total. The lowest BCUT2D eigenvalue weighted by Crippen LogP contribution is -2.29. The maximum Gasteiger partial charge on any atom is 0.137 e. The van der Waals surface area contributed by atoms with E-state index in [-0.39, 0.29) is 6.04 Å². The van der Waals surface area contributed by atoms with Gasteiger partial charge in [-0.1, -0.05) is 17.7 Å². The second-order valence-corrected chi connectivity index (χ2v) is 4.92. The van der Waals surface area contributed by atoms with Gasteiger partial charge in [-0.2, -0.15) is 0 Å². The monoisotopic (exact) mass is 291 g/mol. The summed E-state index contributed by atoms with van der Waals surface area (Å²) in [5.41, 5.74) is 5.89. The second-order valence-electron chi connectivity index (χ2n) is 4.49. The number of nitrogens with zero attached hydrogens (tertiary/aromatic N) is 1. The molecular weight excluding hydrogens is 274 g/mol.